The molecule has 0 aromatic heterocycles. The van der Waals surface area contributed by atoms with Crippen LogP contribution in [0.1, 0.15) is 33.1 Å². The molecule has 0 radical (unpaired) electrons. The van der Waals surface area contributed by atoms with Crippen LogP contribution in [0.25, 0.3) is 0 Å². The number of alkyl carbamates (subject to hydrolysis) is 1. The highest BCUT2D eigenvalue weighted by molar-refractivity contribution is 5.66. The Labute approximate surface area is 91.8 Å². The second kappa shape index (κ2) is 6.67. The van der Waals surface area contributed by atoms with Crippen molar-refractivity contribution < 1.29 is 9.53 Å². The van der Waals surface area contributed by atoms with Crippen LogP contribution in [0.4, 0.5) is 4.79 Å². The third kappa shape index (κ3) is 6.33. The van der Waals surface area contributed by atoms with Crippen LogP contribution in [0.5, 0.6) is 0 Å². The van der Waals surface area contributed by atoms with E-state index in [-0.39, 0.29) is 6.09 Å². The minimum Gasteiger partial charge on any atom is -0.450 e. The first-order valence-corrected chi connectivity index (χ1v) is 5.86. The third-order valence-electron chi connectivity index (χ3n) is 2.55. The third-order valence-corrected chi connectivity index (χ3v) is 2.55. The van der Waals surface area contributed by atoms with Gasteiger partial charge in [0.15, 0.2) is 0 Å². The largest absolute Gasteiger partial charge is 0.450 e. The van der Waals surface area contributed by atoms with E-state index in [1.165, 1.54) is 19.3 Å². The van der Waals surface area contributed by atoms with Crippen LogP contribution in [-0.2, 0) is 4.74 Å². The number of ether oxygens (including phenoxy) is 1. The van der Waals surface area contributed by atoms with Crippen LogP contribution >= 0.6 is 0 Å². The molecule has 0 aromatic carbocycles. The molecule has 88 valence electrons. The minimum atomic E-state index is -0.325. The number of carbonyl (C=O) groups excluding carboxylic acids is 1. The highest BCUT2D eigenvalue weighted by Crippen LogP contribution is 2.33. The van der Waals surface area contributed by atoms with E-state index in [2.05, 4.69) is 17.6 Å². The molecule has 1 unspecified atom stereocenters. The standard InChI is InChI=1S/C11H22N2O2/c1-3-15-11(14)13-7-6-12-9(2)8-10-4-5-10/h9-10,12H,3-8H2,1-2H3,(H,13,14). The van der Waals surface area contributed by atoms with Gasteiger partial charge >= 0.3 is 6.09 Å². The van der Waals surface area contributed by atoms with Crippen molar-refractivity contribution in [2.75, 3.05) is 19.7 Å². The van der Waals surface area contributed by atoms with E-state index in [4.69, 9.17) is 4.74 Å². The molecule has 4 heteroatoms. The maximum atomic E-state index is 10.9. The molecule has 1 aliphatic carbocycles. The summed E-state index contributed by atoms with van der Waals surface area (Å²) in [6, 6.07) is 0.557. The molecule has 15 heavy (non-hydrogen) atoms. The number of nitrogens with one attached hydrogen (secondary N) is 2. The maximum Gasteiger partial charge on any atom is 0.407 e. The Morgan fingerprint density at radius 1 is 1.47 bits per heavy atom. The topological polar surface area (TPSA) is 50.4 Å². The van der Waals surface area contributed by atoms with Gasteiger partial charge in [-0.25, -0.2) is 4.79 Å². The SMILES string of the molecule is CCOC(=O)NCCNC(C)CC1CC1. The Balaban J connectivity index is 1.88. The van der Waals surface area contributed by atoms with Gasteiger partial charge in [0.1, 0.15) is 0 Å². The lowest BCUT2D eigenvalue weighted by Crippen LogP contribution is -2.36. The predicted octanol–water partition coefficient (Wildman–Crippen LogP) is 1.51. The molecule has 0 aliphatic heterocycles. The number of hydrogen-bond donors (Lipinski definition) is 2. The van der Waals surface area contributed by atoms with E-state index in [0.717, 1.165) is 12.5 Å². The molecule has 1 atom stereocenters. The summed E-state index contributed by atoms with van der Waals surface area (Å²) in [5.74, 6) is 0.950. The van der Waals surface area contributed by atoms with Gasteiger partial charge in [0.2, 0.25) is 0 Å². The molecule has 0 bridgehead atoms. The minimum absolute atomic E-state index is 0.325. The number of hydrogen-bond acceptors (Lipinski definition) is 3. The van der Waals surface area contributed by atoms with E-state index < -0.39 is 0 Å². The average Bonchev–Trinajstić information content (AvgIpc) is 2.97. The predicted molar refractivity (Wildman–Crippen MR) is 59.8 cm³/mol. The molecular weight excluding hydrogens is 192 g/mol. The van der Waals surface area contributed by atoms with Crippen LogP contribution < -0.4 is 10.6 Å². The van der Waals surface area contributed by atoms with Gasteiger partial charge in [-0.15, -0.1) is 0 Å². The first kappa shape index (κ1) is 12.3. The quantitative estimate of drug-likeness (QED) is 0.632. The molecule has 1 rings (SSSR count). The van der Waals surface area contributed by atoms with Crippen molar-refractivity contribution >= 4 is 6.09 Å². The molecule has 0 saturated heterocycles. The summed E-state index contributed by atoms with van der Waals surface area (Å²) in [5.41, 5.74) is 0. The summed E-state index contributed by atoms with van der Waals surface area (Å²) in [7, 11) is 0. The Morgan fingerprint density at radius 3 is 2.80 bits per heavy atom. The van der Waals surface area contributed by atoms with E-state index in [1.54, 1.807) is 6.92 Å². The Morgan fingerprint density at radius 2 is 2.20 bits per heavy atom. The van der Waals surface area contributed by atoms with Gasteiger partial charge in [-0.1, -0.05) is 12.8 Å². The number of carbonyl (C=O) groups is 1. The average molecular weight is 214 g/mol. The second-order valence-electron chi connectivity index (χ2n) is 4.18. The van der Waals surface area contributed by atoms with Crippen LogP contribution in [0.2, 0.25) is 0 Å². The lowest BCUT2D eigenvalue weighted by molar-refractivity contribution is 0.152. The molecule has 1 saturated carbocycles. The van der Waals surface area contributed by atoms with Crippen molar-refractivity contribution in [1.29, 1.82) is 0 Å². The lowest BCUT2D eigenvalue weighted by Gasteiger charge is -2.13. The van der Waals surface area contributed by atoms with E-state index >= 15 is 0 Å². The molecule has 4 nitrogen and oxygen atoms in total. The highest BCUT2D eigenvalue weighted by Gasteiger charge is 2.22. The summed E-state index contributed by atoms with van der Waals surface area (Å²) >= 11 is 0. The van der Waals surface area contributed by atoms with Crippen molar-refractivity contribution in [3.63, 3.8) is 0 Å². The molecule has 2 N–H and O–H groups in total. The van der Waals surface area contributed by atoms with E-state index in [9.17, 15) is 4.79 Å². The molecule has 1 fully saturated rings. The van der Waals surface area contributed by atoms with Gasteiger partial charge in [-0.3, -0.25) is 0 Å². The zero-order chi connectivity index (χ0) is 11.1. The van der Waals surface area contributed by atoms with Crippen molar-refractivity contribution in [3.05, 3.63) is 0 Å². The van der Waals surface area contributed by atoms with Gasteiger partial charge in [-0.05, 0) is 26.2 Å². The van der Waals surface area contributed by atoms with E-state index in [0.29, 0.717) is 19.2 Å². The summed E-state index contributed by atoms with van der Waals surface area (Å²) < 4.78 is 4.75. The van der Waals surface area contributed by atoms with Crippen LogP contribution in [0.15, 0.2) is 0 Å². The normalized spacial score (nSPS) is 17.2. The first-order valence-electron chi connectivity index (χ1n) is 5.86. The number of rotatable bonds is 7. The highest BCUT2D eigenvalue weighted by atomic mass is 16.5. The monoisotopic (exact) mass is 214 g/mol. The molecule has 0 aromatic rings. The van der Waals surface area contributed by atoms with Crippen LogP contribution in [0.3, 0.4) is 0 Å². The smallest absolute Gasteiger partial charge is 0.407 e. The van der Waals surface area contributed by atoms with E-state index in [1.807, 2.05) is 0 Å². The summed E-state index contributed by atoms with van der Waals surface area (Å²) in [6.45, 7) is 5.87. The molecule has 1 aliphatic rings. The van der Waals surface area contributed by atoms with Gasteiger partial charge in [-0.2, -0.15) is 0 Å². The van der Waals surface area contributed by atoms with Crippen molar-refractivity contribution in [2.45, 2.75) is 39.2 Å². The summed E-state index contributed by atoms with van der Waals surface area (Å²) in [5, 5.41) is 6.07. The fraction of sp³-hybridized carbons (Fsp3) is 0.909. The van der Waals surface area contributed by atoms with Crippen LogP contribution in [0, 0.1) is 5.92 Å². The first-order chi connectivity index (χ1) is 7.22. The Hall–Kier alpha value is -0.770. The Bertz CT molecular complexity index is 193. The van der Waals surface area contributed by atoms with Gasteiger partial charge in [0, 0.05) is 19.1 Å². The van der Waals surface area contributed by atoms with Crippen molar-refractivity contribution in [3.8, 4) is 0 Å². The summed E-state index contributed by atoms with van der Waals surface area (Å²) in [4.78, 5) is 10.9. The molecule has 1 amide bonds. The lowest BCUT2D eigenvalue weighted by atomic mass is 10.1. The zero-order valence-electron chi connectivity index (χ0n) is 9.71. The zero-order valence-corrected chi connectivity index (χ0v) is 9.71. The fourth-order valence-corrected chi connectivity index (χ4v) is 1.60. The second-order valence-corrected chi connectivity index (χ2v) is 4.18. The van der Waals surface area contributed by atoms with Gasteiger partial charge < -0.3 is 15.4 Å². The fourth-order valence-electron chi connectivity index (χ4n) is 1.60. The van der Waals surface area contributed by atoms with Crippen LogP contribution in [-0.4, -0.2) is 31.8 Å². The molecule has 0 heterocycles. The van der Waals surface area contributed by atoms with Gasteiger partial charge in [0.05, 0.1) is 6.61 Å². The van der Waals surface area contributed by atoms with Crippen molar-refractivity contribution in [1.82, 2.24) is 10.6 Å². The maximum absolute atomic E-state index is 10.9. The number of amides is 1. The molecule has 0 spiro atoms. The van der Waals surface area contributed by atoms with Crippen molar-refractivity contribution in [2.24, 2.45) is 5.92 Å². The summed E-state index contributed by atoms with van der Waals surface area (Å²) in [6.07, 6.45) is 3.73. The Kier molecular flexibility index (Phi) is 5.47. The van der Waals surface area contributed by atoms with Gasteiger partial charge in [0.25, 0.3) is 0 Å². The molecular formula is C11H22N2O2.